The highest BCUT2D eigenvalue weighted by Gasteiger charge is 2.09. The number of halogens is 1. The molecule has 0 saturated heterocycles. The second-order valence-electron chi connectivity index (χ2n) is 3.93. The quantitative estimate of drug-likeness (QED) is 0.740. The second kappa shape index (κ2) is 4.42. The summed E-state index contributed by atoms with van der Waals surface area (Å²) in [7, 11) is 0. The first kappa shape index (κ1) is 11.2. The number of aromatic hydroxyl groups is 1. The Morgan fingerprint density at radius 3 is 2.33 bits per heavy atom. The van der Waals surface area contributed by atoms with E-state index in [2.05, 4.69) is 26.1 Å². The normalized spacial score (nSPS) is 10.9. The molecule has 90 valence electrons. The summed E-state index contributed by atoms with van der Waals surface area (Å²) in [5, 5.41) is 19.3. The number of phenolic OH excluding ortho intramolecular Hbond substituents is 1. The Hall–Kier alpha value is -1.88. The molecule has 0 spiro atoms. The van der Waals surface area contributed by atoms with Gasteiger partial charge in [0, 0.05) is 5.33 Å². The van der Waals surface area contributed by atoms with Crippen molar-refractivity contribution in [3.05, 3.63) is 48.0 Å². The van der Waals surface area contributed by atoms with Crippen LogP contribution in [0.15, 0.2) is 42.5 Å². The van der Waals surface area contributed by atoms with Gasteiger partial charge in [-0.25, -0.2) is 0 Å². The monoisotopic (exact) mass is 303 g/mol. The average molecular weight is 304 g/mol. The summed E-state index contributed by atoms with van der Waals surface area (Å²) in [4.78, 5) is 1.46. The fourth-order valence-corrected chi connectivity index (χ4v) is 2.13. The molecule has 4 nitrogen and oxygen atoms in total. The minimum absolute atomic E-state index is 0.167. The smallest absolute Gasteiger partial charge is 0.143 e. The van der Waals surface area contributed by atoms with Crippen molar-refractivity contribution in [1.82, 2.24) is 15.0 Å². The van der Waals surface area contributed by atoms with Crippen LogP contribution < -0.4 is 0 Å². The molecule has 0 saturated carbocycles. The van der Waals surface area contributed by atoms with Crippen LogP contribution in [0.2, 0.25) is 0 Å². The van der Waals surface area contributed by atoms with Gasteiger partial charge in [0.25, 0.3) is 0 Å². The van der Waals surface area contributed by atoms with Gasteiger partial charge in [0.1, 0.15) is 22.5 Å². The molecule has 1 heterocycles. The number of hydrogen-bond acceptors (Lipinski definition) is 3. The van der Waals surface area contributed by atoms with E-state index >= 15 is 0 Å². The highest BCUT2D eigenvalue weighted by molar-refractivity contribution is 9.08. The summed E-state index contributed by atoms with van der Waals surface area (Å²) in [5.74, 6) is 0.167. The molecule has 1 N–H and O–H groups in total. The van der Waals surface area contributed by atoms with Gasteiger partial charge in [0.2, 0.25) is 0 Å². The van der Waals surface area contributed by atoms with E-state index in [1.54, 1.807) is 6.07 Å². The molecule has 18 heavy (non-hydrogen) atoms. The standard InChI is InChI=1S/C13H10BrN3O/c14-8-9-5-6-13(18)12(7-9)17-15-10-3-1-2-4-11(10)16-17/h1-7,18H,8H2. The zero-order valence-corrected chi connectivity index (χ0v) is 11.0. The molecule has 0 unspecified atom stereocenters. The number of benzene rings is 2. The lowest BCUT2D eigenvalue weighted by Crippen LogP contribution is -1.99. The Balaban J connectivity index is 2.19. The SMILES string of the molecule is Oc1ccc(CBr)cc1-n1nc2ccccc2n1. The molecule has 0 amide bonds. The number of nitrogens with zero attached hydrogens (tertiary/aromatic N) is 3. The lowest BCUT2D eigenvalue weighted by Gasteiger charge is -2.04. The third-order valence-electron chi connectivity index (χ3n) is 2.70. The summed E-state index contributed by atoms with van der Waals surface area (Å²) in [6.07, 6.45) is 0. The summed E-state index contributed by atoms with van der Waals surface area (Å²) in [6, 6.07) is 13.0. The first-order valence-corrected chi connectivity index (χ1v) is 6.60. The topological polar surface area (TPSA) is 50.9 Å². The minimum atomic E-state index is 0.167. The van der Waals surface area contributed by atoms with Gasteiger partial charge < -0.3 is 5.11 Å². The van der Waals surface area contributed by atoms with Crippen molar-refractivity contribution in [2.24, 2.45) is 0 Å². The van der Waals surface area contributed by atoms with Crippen LogP contribution in [-0.4, -0.2) is 20.1 Å². The van der Waals surface area contributed by atoms with Crippen LogP contribution in [0.5, 0.6) is 5.75 Å². The van der Waals surface area contributed by atoms with Crippen molar-refractivity contribution in [1.29, 1.82) is 0 Å². The van der Waals surface area contributed by atoms with Crippen molar-refractivity contribution < 1.29 is 5.11 Å². The summed E-state index contributed by atoms with van der Waals surface area (Å²) in [6.45, 7) is 0. The Morgan fingerprint density at radius 2 is 1.72 bits per heavy atom. The zero-order chi connectivity index (χ0) is 12.5. The molecule has 0 aliphatic heterocycles. The molecule has 0 aliphatic rings. The highest BCUT2D eigenvalue weighted by atomic mass is 79.9. The zero-order valence-electron chi connectivity index (χ0n) is 9.42. The fourth-order valence-electron chi connectivity index (χ4n) is 1.78. The van der Waals surface area contributed by atoms with Crippen LogP contribution in [0, 0.1) is 0 Å². The molecular weight excluding hydrogens is 294 g/mol. The minimum Gasteiger partial charge on any atom is -0.506 e. The van der Waals surface area contributed by atoms with Gasteiger partial charge in [-0.3, -0.25) is 0 Å². The lowest BCUT2D eigenvalue weighted by molar-refractivity contribution is 0.467. The van der Waals surface area contributed by atoms with Gasteiger partial charge in [-0.05, 0) is 29.8 Å². The number of rotatable bonds is 2. The van der Waals surface area contributed by atoms with E-state index in [1.807, 2.05) is 36.4 Å². The van der Waals surface area contributed by atoms with E-state index in [0.717, 1.165) is 21.9 Å². The molecule has 1 aromatic heterocycles. The van der Waals surface area contributed by atoms with E-state index in [1.165, 1.54) is 4.80 Å². The summed E-state index contributed by atoms with van der Waals surface area (Å²) >= 11 is 3.39. The maximum Gasteiger partial charge on any atom is 0.143 e. The average Bonchev–Trinajstić information content (AvgIpc) is 2.82. The van der Waals surface area contributed by atoms with Crippen molar-refractivity contribution in [2.75, 3.05) is 0 Å². The molecule has 3 rings (SSSR count). The molecule has 0 aliphatic carbocycles. The Bertz CT molecular complexity index is 675. The third kappa shape index (κ3) is 1.86. The number of hydrogen-bond donors (Lipinski definition) is 1. The van der Waals surface area contributed by atoms with Gasteiger partial charge in [-0.2, -0.15) is 0 Å². The van der Waals surface area contributed by atoms with E-state index in [0.29, 0.717) is 5.69 Å². The van der Waals surface area contributed by atoms with Crippen LogP contribution in [0.4, 0.5) is 0 Å². The van der Waals surface area contributed by atoms with Crippen LogP contribution >= 0.6 is 15.9 Å². The third-order valence-corrected chi connectivity index (χ3v) is 3.34. The first-order valence-electron chi connectivity index (χ1n) is 5.48. The number of fused-ring (bicyclic) bond motifs is 1. The maximum atomic E-state index is 9.89. The molecule has 0 bridgehead atoms. The Kier molecular flexibility index (Phi) is 2.76. The van der Waals surface area contributed by atoms with Crippen molar-refractivity contribution >= 4 is 27.0 Å². The van der Waals surface area contributed by atoms with Gasteiger partial charge in [0.05, 0.1) is 0 Å². The number of alkyl halides is 1. The van der Waals surface area contributed by atoms with Crippen LogP contribution in [0.1, 0.15) is 5.56 Å². The predicted molar refractivity (Wildman–Crippen MR) is 73.2 cm³/mol. The van der Waals surface area contributed by atoms with E-state index in [-0.39, 0.29) is 5.75 Å². The summed E-state index contributed by atoms with van der Waals surface area (Å²) < 4.78 is 0. The fraction of sp³-hybridized carbons (Fsp3) is 0.0769. The summed E-state index contributed by atoms with van der Waals surface area (Å²) in [5.41, 5.74) is 3.26. The van der Waals surface area contributed by atoms with E-state index in [9.17, 15) is 5.11 Å². The highest BCUT2D eigenvalue weighted by Crippen LogP contribution is 2.23. The van der Waals surface area contributed by atoms with Gasteiger partial charge >= 0.3 is 0 Å². The molecule has 5 heteroatoms. The van der Waals surface area contributed by atoms with Crippen LogP contribution in [-0.2, 0) is 5.33 Å². The second-order valence-corrected chi connectivity index (χ2v) is 4.50. The molecule has 0 radical (unpaired) electrons. The van der Waals surface area contributed by atoms with Gasteiger partial charge in [0.15, 0.2) is 0 Å². The molecule has 3 aromatic rings. The Morgan fingerprint density at radius 1 is 1.06 bits per heavy atom. The molecule has 2 aromatic carbocycles. The van der Waals surface area contributed by atoms with Crippen molar-refractivity contribution in [3.63, 3.8) is 0 Å². The largest absolute Gasteiger partial charge is 0.506 e. The lowest BCUT2D eigenvalue weighted by atomic mass is 10.2. The van der Waals surface area contributed by atoms with E-state index in [4.69, 9.17) is 0 Å². The van der Waals surface area contributed by atoms with Crippen molar-refractivity contribution in [3.8, 4) is 11.4 Å². The number of aromatic nitrogens is 3. The van der Waals surface area contributed by atoms with Gasteiger partial charge in [-0.15, -0.1) is 15.0 Å². The van der Waals surface area contributed by atoms with Gasteiger partial charge in [-0.1, -0.05) is 34.1 Å². The predicted octanol–water partition coefficient (Wildman–Crippen LogP) is 3.02. The first-order chi connectivity index (χ1) is 8.78. The van der Waals surface area contributed by atoms with Crippen LogP contribution in [0.3, 0.4) is 0 Å². The maximum absolute atomic E-state index is 9.89. The molecule has 0 atom stereocenters. The van der Waals surface area contributed by atoms with Crippen molar-refractivity contribution in [2.45, 2.75) is 5.33 Å². The molecule has 0 fully saturated rings. The van der Waals surface area contributed by atoms with E-state index < -0.39 is 0 Å². The number of phenols is 1. The van der Waals surface area contributed by atoms with Crippen LogP contribution in [0.25, 0.3) is 16.7 Å². The molecular formula is C13H10BrN3O. The Labute approximate surface area is 112 Å².